The van der Waals surface area contributed by atoms with Crippen LogP contribution in [0.3, 0.4) is 0 Å². The summed E-state index contributed by atoms with van der Waals surface area (Å²) < 4.78 is 39.3. The number of benzene rings is 1. The Labute approximate surface area is 167 Å². The van der Waals surface area contributed by atoms with E-state index in [-0.39, 0.29) is 6.04 Å². The van der Waals surface area contributed by atoms with Gasteiger partial charge in [0.15, 0.2) is 0 Å². The predicted octanol–water partition coefficient (Wildman–Crippen LogP) is 3.16. The van der Waals surface area contributed by atoms with Crippen molar-refractivity contribution in [2.75, 3.05) is 19.6 Å². The van der Waals surface area contributed by atoms with Gasteiger partial charge in [-0.2, -0.15) is 13.2 Å². The van der Waals surface area contributed by atoms with Crippen molar-refractivity contribution < 1.29 is 33.0 Å². The quantitative estimate of drug-likeness (QED) is 0.469. The molecule has 0 unspecified atom stereocenters. The standard InChI is InChI=1S/C16H21F3N2.C4H4O4/c1-12(2)10-21(14-7-8-20-9-14)11-13-5-3-4-6-15(13)16(17,18)19;5-3(6)1-2-4(7)8/h3-6,14,20H,1,7-11H2,2H3;1-2H,(H,5,6)(H,7,8)/b;2-1+/t14-;/m0./s1. The zero-order valence-electron chi connectivity index (χ0n) is 16.1. The Bertz CT molecular complexity index is 725. The third-order valence-corrected chi connectivity index (χ3v) is 4.09. The molecule has 1 aliphatic heterocycles. The molecule has 1 aromatic rings. The molecule has 1 atom stereocenters. The SMILES string of the molecule is C=C(C)CN(Cc1ccccc1C(F)(F)F)[C@H]1CCNC1.O=C(O)/C=C/C(=O)O. The fourth-order valence-corrected chi connectivity index (χ4v) is 2.91. The second-order valence-electron chi connectivity index (χ2n) is 6.67. The van der Waals surface area contributed by atoms with Crippen LogP contribution in [0.25, 0.3) is 0 Å². The van der Waals surface area contributed by atoms with Gasteiger partial charge in [-0.25, -0.2) is 9.59 Å². The minimum atomic E-state index is -4.31. The van der Waals surface area contributed by atoms with Crippen LogP contribution in [0, 0.1) is 0 Å². The summed E-state index contributed by atoms with van der Waals surface area (Å²) in [6.07, 6.45) is -2.23. The van der Waals surface area contributed by atoms with Gasteiger partial charge in [-0.05, 0) is 31.5 Å². The Morgan fingerprint density at radius 3 is 2.28 bits per heavy atom. The Kier molecular flexibility index (Phi) is 9.57. The molecule has 9 heteroatoms. The van der Waals surface area contributed by atoms with Crippen LogP contribution >= 0.6 is 0 Å². The van der Waals surface area contributed by atoms with Crippen molar-refractivity contribution in [1.82, 2.24) is 10.2 Å². The highest BCUT2D eigenvalue weighted by Crippen LogP contribution is 2.32. The Hall–Kier alpha value is -2.65. The van der Waals surface area contributed by atoms with E-state index in [1.807, 2.05) is 6.92 Å². The van der Waals surface area contributed by atoms with Gasteiger partial charge in [0.05, 0.1) is 5.56 Å². The van der Waals surface area contributed by atoms with E-state index in [0.29, 0.717) is 30.8 Å². The van der Waals surface area contributed by atoms with Crippen molar-refractivity contribution in [2.24, 2.45) is 0 Å². The monoisotopic (exact) mass is 414 g/mol. The van der Waals surface area contributed by atoms with Crippen LogP contribution in [-0.4, -0.2) is 52.7 Å². The highest BCUT2D eigenvalue weighted by Gasteiger charge is 2.34. The Balaban J connectivity index is 0.000000447. The van der Waals surface area contributed by atoms with Gasteiger partial charge in [-0.3, -0.25) is 4.90 Å². The zero-order valence-corrected chi connectivity index (χ0v) is 16.1. The number of carboxylic acids is 2. The van der Waals surface area contributed by atoms with Crippen LogP contribution < -0.4 is 5.32 Å². The van der Waals surface area contributed by atoms with Gasteiger partial charge in [0, 0.05) is 37.8 Å². The van der Waals surface area contributed by atoms with Gasteiger partial charge in [0.25, 0.3) is 0 Å². The number of nitrogens with one attached hydrogen (secondary N) is 1. The number of carbonyl (C=O) groups is 2. The first-order valence-electron chi connectivity index (χ1n) is 8.89. The van der Waals surface area contributed by atoms with Crippen LogP contribution in [0.4, 0.5) is 13.2 Å². The van der Waals surface area contributed by atoms with Gasteiger partial charge in [-0.15, -0.1) is 0 Å². The largest absolute Gasteiger partial charge is 0.478 e. The van der Waals surface area contributed by atoms with E-state index >= 15 is 0 Å². The highest BCUT2D eigenvalue weighted by molar-refractivity contribution is 5.89. The van der Waals surface area contributed by atoms with Gasteiger partial charge in [-0.1, -0.05) is 30.4 Å². The number of hydrogen-bond acceptors (Lipinski definition) is 4. The summed E-state index contributed by atoms with van der Waals surface area (Å²) in [7, 11) is 0. The van der Waals surface area contributed by atoms with E-state index < -0.39 is 23.7 Å². The lowest BCUT2D eigenvalue weighted by Crippen LogP contribution is -2.37. The van der Waals surface area contributed by atoms with E-state index in [2.05, 4.69) is 16.8 Å². The van der Waals surface area contributed by atoms with Crippen LogP contribution in [0.15, 0.2) is 48.6 Å². The number of alkyl halides is 3. The summed E-state index contributed by atoms with van der Waals surface area (Å²) in [5, 5.41) is 18.9. The van der Waals surface area contributed by atoms with Crippen LogP contribution in [0.2, 0.25) is 0 Å². The molecule has 0 aromatic heterocycles. The molecule has 6 nitrogen and oxygen atoms in total. The van der Waals surface area contributed by atoms with Crippen LogP contribution in [0.5, 0.6) is 0 Å². The van der Waals surface area contributed by atoms with Crippen molar-refractivity contribution >= 4 is 11.9 Å². The summed E-state index contributed by atoms with van der Waals surface area (Å²) in [6.45, 7) is 8.46. The van der Waals surface area contributed by atoms with Gasteiger partial charge < -0.3 is 15.5 Å². The van der Waals surface area contributed by atoms with E-state index in [1.165, 1.54) is 6.07 Å². The fourth-order valence-electron chi connectivity index (χ4n) is 2.91. The molecule has 29 heavy (non-hydrogen) atoms. The third-order valence-electron chi connectivity index (χ3n) is 4.09. The topological polar surface area (TPSA) is 89.9 Å². The first-order chi connectivity index (χ1) is 13.5. The first-order valence-corrected chi connectivity index (χ1v) is 8.89. The van der Waals surface area contributed by atoms with Crippen molar-refractivity contribution in [2.45, 2.75) is 32.1 Å². The van der Waals surface area contributed by atoms with Crippen molar-refractivity contribution in [3.05, 3.63) is 59.7 Å². The smallest absolute Gasteiger partial charge is 0.416 e. The fraction of sp³-hybridized carbons (Fsp3) is 0.400. The molecule has 1 fully saturated rings. The second-order valence-corrected chi connectivity index (χ2v) is 6.67. The summed E-state index contributed by atoms with van der Waals surface area (Å²) in [5.41, 5.74) is 0.757. The maximum Gasteiger partial charge on any atom is 0.416 e. The molecule has 0 bridgehead atoms. The molecule has 0 spiro atoms. The maximum atomic E-state index is 13.1. The zero-order chi connectivity index (χ0) is 22.0. The van der Waals surface area contributed by atoms with Gasteiger partial charge >= 0.3 is 18.1 Å². The molecule has 1 heterocycles. The lowest BCUT2D eigenvalue weighted by atomic mass is 10.0. The molecular weight excluding hydrogens is 389 g/mol. The second kappa shape index (κ2) is 11.4. The molecule has 1 aromatic carbocycles. The molecule has 3 N–H and O–H groups in total. The van der Waals surface area contributed by atoms with Gasteiger partial charge in [0.1, 0.15) is 0 Å². The third kappa shape index (κ3) is 9.40. The molecule has 160 valence electrons. The number of rotatable bonds is 7. The number of aliphatic carboxylic acids is 2. The molecule has 2 rings (SSSR count). The lowest BCUT2D eigenvalue weighted by Gasteiger charge is -2.29. The Morgan fingerprint density at radius 1 is 1.24 bits per heavy atom. The normalized spacial score (nSPS) is 16.5. The van der Waals surface area contributed by atoms with Crippen molar-refractivity contribution in [3.8, 4) is 0 Å². The maximum absolute atomic E-state index is 13.1. The molecule has 1 saturated heterocycles. The first kappa shape index (κ1) is 24.4. The molecule has 0 radical (unpaired) electrons. The Morgan fingerprint density at radius 2 is 1.83 bits per heavy atom. The number of hydrogen-bond donors (Lipinski definition) is 3. The summed E-state index contributed by atoms with van der Waals surface area (Å²) in [6, 6.07) is 6.09. The van der Waals surface area contributed by atoms with Gasteiger partial charge in [0.2, 0.25) is 0 Å². The van der Waals surface area contributed by atoms with E-state index in [0.717, 1.165) is 31.1 Å². The van der Waals surface area contributed by atoms with E-state index in [4.69, 9.17) is 10.2 Å². The molecule has 0 amide bonds. The minimum absolute atomic E-state index is 0.267. The average Bonchev–Trinajstić information content (AvgIpc) is 3.14. The molecule has 1 aliphatic rings. The van der Waals surface area contributed by atoms with Crippen LogP contribution in [0.1, 0.15) is 24.5 Å². The predicted molar refractivity (Wildman–Crippen MR) is 102 cm³/mol. The molecular formula is C20H25F3N2O4. The number of halogens is 3. The number of carboxylic acid groups (broad SMARTS) is 2. The lowest BCUT2D eigenvalue weighted by molar-refractivity contribution is -0.138. The summed E-state index contributed by atoms with van der Waals surface area (Å²) in [5.74, 6) is -2.51. The molecule has 0 aliphatic carbocycles. The summed E-state index contributed by atoms with van der Waals surface area (Å²) >= 11 is 0. The number of nitrogens with zero attached hydrogens (tertiary/aromatic N) is 1. The van der Waals surface area contributed by atoms with Crippen LogP contribution in [-0.2, 0) is 22.3 Å². The minimum Gasteiger partial charge on any atom is -0.478 e. The van der Waals surface area contributed by atoms with Crippen molar-refractivity contribution in [3.63, 3.8) is 0 Å². The van der Waals surface area contributed by atoms with Crippen molar-refractivity contribution in [1.29, 1.82) is 0 Å². The molecule has 0 saturated carbocycles. The summed E-state index contributed by atoms with van der Waals surface area (Å²) in [4.78, 5) is 21.2. The van der Waals surface area contributed by atoms with E-state index in [1.54, 1.807) is 12.1 Å². The highest BCUT2D eigenvalue weighted by atomic mass is 19.4. The van der Waals surface area contributed by atoms with E-state index in [9.17, 15) is 22.8 Å². The average molecular weight is 414 g/mol.